The molecule has 0 aromatic heterocycles. The molecule has 4 N–H and O–H groups in total. The van der Waals surface area contributed by atoms with Gasteiger partial charge in [0.05, 0.1) is 5.92 Å². The number of amides is 2. The lowest BCUT2D eigenvalue weighted by Gasteiger charge is -2.36. The molecule has 3 aliphatic rings. The van der Waals surface area contributed by atoms with Crippen LogP contribution in [0.3, 0.4) is 0 Å². The number of carbonyl (C=O) groups excluding carboxylic acids is 2. The maximum atomic E-state index is 13.0. The molecule has 2 heterocycles. The Morgan fingerprint density at radius 2 is 1.93 bits per heavy atom. The zero-order valence-electron chi connectivity index (χ0n) is 15.1. The van der Waals surface area contributed by atoms with Crippen molar-refractivity contribution in [3.8, 4) is 0 Å². The normalized spacial score (nSPS) is 35.2. The summed E-state index contributed by atoms with van der Waals surface area (Å²) >= 11 is 0. The van der Waals surface area contributed by atoms with Gasteiger partial charge in [-0.2, -0.15) is 0 Å². The fraction of sp³-hybridized carbons (Fsp3) is 0.550. The lowest BCUT2D eigenvalue weighted by molar-refractivity contribution is -0.150. The van der Waals surface area contributed by atoms with E-state index in [4.69, 9.17) is 5.73 Å². The van der Waals surface area contributed by atoms with Crippen molar-refractivity contribution in [1.82, 2.24) is 10.2 Å². The Balaban J connectivity index is 1.44. The molecule has 1 aliphatic carbocycles. The van der Waals surface area contributed by atoms with Gasteiger partial charge < -0.3 is 21.1 Å². The van der Waals surface area contributed by atoms with E-state index in [1.54, 1.807) is 4.90 Å². The Kier molecular flexibility index (Phi) is 4.42. The third kappa shape index (κ3) is 3.20. The van der Waals surface area contributed by atoms with E-state index in [1.165, 1.54) is 5.56 Å². The molecule has 4 rings (SSSR count). The smallest absolute Gasteiger partial charge is 0.308 e. The molecule has 27 heavy (non-hydrogen) atoms. The maximum absolute atomic E-state index is 13.0. The Labute approximate surface area is 157 Å². The number of aliphatic carboxylic acids is 1. The number of hydrogen-bond donors (Lipinski definition) is 3. The summed E-state index contributed by atoms with van der Waals surface area (Å²) in [5, 5.41) is 12.8. The molecule has 2 aliphatic heterocycles. The Morgan fingerprint density at radius 3 is 2.56 bits per heavy atom. The number of carboxylic acids is 1. The molecule has 1 saturated carbocycles. The highest BCUT2D eigenvalue weighted by molar-refractivity contribution is 5.89. The van der Waals surface area contributed by atoms with Crippen LogP contribution in [0.15, 0.2) is 30.3 Å². The number of benzene rings is 1. The first-order valence-electron chi connectivity index (χ1n) is 9.50. The average molecular weight is 371 g/mol. The van der Waals surface area contributed by atoms with Gasteiger partial charge in [-0.05, 0) is 30.2 Å². The van der Waals surface area contributed by atoms with Gasteiger partial charge >= 0.3 is 5.97 Å². The van der Waals surface area contributed by atoms with Crippen LogP contribution in [-0.2, 0) is 14.4 Å². The maximum Gasteiger partial charge on any atom is 0.308 e. The number of nitrogens with one attached hydrogen (secondary N) is 1. The van der Waals surface area contributed by atoms with Crippen LogP contribution >= 0.6 is 0 Å². The van der Waals surface area contributed by atoms with Crippen LogP contribution in [-0.4, -0.2) is 53.5 Å². The second kappa shape index (κ2) is 6.64. The summed E-state index contributed by atoms with van der Waals surface area (Å²) < 4.78 is 0. The number of rotatable bonds is 4. The van der Waals surface area contributed by atoms with E-state index >= 15 is 0 Å². The van der Waals surface area contributed by atoms with E-state index in [0.29, 0.717) is 32.5 Å². The molecular formula is C20H25N3O4. The summed E-state index contributed by atoms with van der Waals surface area (Å²) in [6.07, 6.45) is 1.82. The number of carboxylic acid groups (broad SMARTS) is 1. The first-order valence-corrected chi connectivity index (χ1v) is 9.50. The van der Waals surface area contributed by atoms with Gasteiger partial charge in [0.15, 0.2) is 0 Å². The molecule has 0 radical (unpaired) electrons. The highest BCUT2D eigenvalue weighted by atomic mass is 16.4. The molecule has 1 aromatic rings. The van der Waals surface area contributed by atoms with Crippen molar-refractivity contribution in [1.29, 1.82) is 0 Å². The molecule has 0 bridgehead atoms. The van der Waals surface area contributed by atoms with Gasteiger partial charge in [-0.25, -0.2) is 0 Å². The van der Waals surface area contributed by atoms with Crippen LogP contribution in [0.25, 0.3) is 0 Å². The molecule has 7 nitrogen and oxygen atoms in total. The standard InChI is InChI=1S/C20H25N3O4/c21-17(24)15-9-20(15)8-14(19(26)27)16(22-11-20)18(25)23-7-6-13(10-23)12-4-2-1-3-5-12/h1-5,13-16,22H,6-11H2,(H2,21,24)(H,26,27). The summed E-state index contributed by atoms with van der Waals surface area (Å²) in [4.78, 5) is 38.1. The third-order valence-electron chi connectivity index (χ3n) is 6.59. The minimum Gasteiger partial charge on any atom is -0.481 e. The number of nitrogens with two attached hydrogens (primary N) is 1. The number of carbonyl (C=O) groups is 3. The van der Waals surface area contributed by atoms with E-state index in [0.717, 1.165) is 6.42 Å². The third-order valence-corrected chi connectivity index (χ3v) is 6.59. The van der Waals surface area contributed by atoms with Crippen molar-refractivity contribution >= 4 is 17.8 Å². The number of nitrogens with zero attached hydrogens (tertiary/aromatic N) is 1. The van der Waals surface area contributed by atoms with Gasteiger partial charge in [0.1, 0.15) is 6.04 Å². The van der Waals surface area contributed by atoms with Crippen LogP contribution in [0.4, 0.5) is 0 Å². The van der Waals surface area contributed by atoms with Crippen molar-refractivity contribution in [3.05, 3.63) is 35.9 Å². The predicted octanol–water partition coefficient (Wildman–Crippen LogP) is 0.557. The van der Waals surface area contributed by atoms with Gasteiger partial charge in [0.2, 0.25) is 11.8 Å². The lowest BCUT2D eigenvalue weighted by Crippen LogP contribution is -2.57. The van der Waals surface area contributed by atoms with Crippen LogP contribution in [0.5, 0.6) is 0 Å². The van der Waals surface area contributed by atoms with E-state index in [9.17, 15) is 19.5 Å². The van der Waals surface area contributed by atoms with Crippen LogP contribution in [0, 0.1) is 17.3 Å². The molecule has 7 heteroatoms. The quantitative estimate of drug-likeness (QED) is 0.716. The first-order chi connectivity index (χ1) is 12.9. The van der Waals surface area contributed by atoms with Gasteiger partial charge in [0.25, 0.3) is 0 Å². The van der Waals surface area contributed by atoms with Gasteiger partial charge in [-0.15, -0.1) is 0 Å². The Bertz CT molecular complexity index is 768. The van der Waals surface area contributed by atoms with E-state index in [-0.39, 0.29) is 29.1 Å². The number of primary amides is 1. The summed E-state index contributed by atoms with van der Waals surface area (Å²) in [5.74, 6) is -2.34. The molecule has 2 amide bonds. The molecule has 5 unspecified atom stereocenters. The average Bonchev–Trinajstić information content (AvgIpc) is 3.14. The van der Waals surface area contributed by atoms with E-state index in [1.807, 2.05) is 18.2 Å². The highest BCUT2D eigenvalue weighted by Gasteiger charge is 2.62. The molecule has 1 spiro atoms. The molecule has 5 atom stereocenters. The monoisotopic (exact) mass is 371 g/mol. The number of hydrogen-bond acceptors (Lipinski definition) is 4. The Hall–Kier alpha value is -2.41. The SMILES string of the molecule is NC(=O)C1CC12CNC(C(=O)N1CCC(c3ccccc3)C1)C(C(=O)O)C2. The lowest BCUT2D eigenvalue weighted by atomic mass is 9.80. The number of likely N-dealkylation sites (tertiary alicyclic amines) is 1. The zero-order chi connectivity index (χ0) is 19.2. The summed E-state index contributed by atoms with van der Waals surface area (Å²) in [6, 6.07) is 9.35. The number of piperidine rings is 1. The second-order valence-electron chi connectivity index (χ2n) is 8.21. The van der Waals surface area contributed by atoms with Crippen molar-refractivity contribution in [2.75, 3.05) is 19.6 Å². The topological polar surface area (TPSA) is 113 Å². The predicted molar refractivity (Wildman–Crippen MR) is 97.6 cm³/mol. The Morgan fingerprint density at radius 1 is 1.19 bits per heavy atom. The second-order valence-corrected chi connectivity index (χ2v) is 8.21. The first kappa shape index (κ1) is 18.0. The minimum atomic E-state index is -0.992. The summed E-state index contributed by atoms with van der Waals surface area (Å²) in [5.41, 5.74) is 6.22. The van der Waals surface area contributed by atoms with Crippen molar-refractivity contribution in [3.63, 3.8) is 0 Å². The van der Waals surface area contributed by atoms with Crippen LogP contribution in [0.1, 0.15) is 30.7 Å². The fourth-order valence-corrected chi connectivity index (χ4v) is 4.90. The van der Waals surface area contributed by atoms with Crippen molar-refractivity contribution in [2.24, 2.45) is 23.0 Å². The van der Waals surface area contributed by atoms with Gasteiger partial charge in [-0.3, -0.25) is 14.4 Å². The fourth-order valence-electron chi connectivity index (χ4n) is 4.90. The molecule has 2 saturated heterocycles. The summed E-state index contributed by atoms with van der Waals surface area (Å²) in [6.45, 7) is 1.72. The summed E-state index contributed by atoms with van der Waals surface area (Å²) in [7, 11) is 0. The minimum absolute atomic E-state index is 0.146. The molecule has 3 fully saturated rings. The highest BCUT2D eigenvalue weighted by Crippen LogP contribution is 2.58. The van der Waals surface area contributed by atoms with Crippen molar-refractivity contribution in [2.45, 2.75) is 31.2 Å². The largest absolute Gasteiger partial charge is 0.481 e. The van der Waals surface area contributed by atoms with Crippen LogP contribution < -0.4 is 11.1 Å². The van der Waals surface area contributed by atoms with Crippen LogP contribution in [0.2, 0.25) is 0 Å². The van der Waals surface area contributed by atoms with Gasteiger partial charge in [-0.1, -0.05) is 30.3 Å². The van der Waals surface area contributed by atoms with Gasteiger partial charge in [0, 0.05) is 31.5 Å². The zero-order valence-corrected chi connectivity index (χ0v) is 15.1. The van der Waals surface area contributed by atoms with Crippen molar-refractivity contribution < 1.29 is 19.5 Å². The van der Waals surface area contributed by atoms with E-state index in [2.05, 4.69) is 17.4 Å². The molecule has 1 aromatic carbocycles. The van der Waals surface area contributed by atoms with E-state index < -0.39 is 17.9 Å². The molecule has 144 valence electrons. The molecular weight excluding hydrogens is 346 g/mol.